The Morgan fingerprint density at radius 1 is 1.20 bits per heavy atom. The normalized spacial score (nSPS) is 20.2. The molecule has 2 aromatic carbocycles. The number of carbonyl (C=O) groups excluding carboxylic acids is 2. The van der Waals surface area contributed by atoms with E-state index in [4.69, 9.17) is 4.74 Å². The third kappa shape index (κ3) is 3.28. The number of urea groups is 1. The number of hydrogen-bond donors (Lipinski definition) is 1. The lowest BCUT2D eigenvalue weighted by atomic mass is 9.92. The van der Waals surface area contributed by atoms with Crippen LogP contribution in [0.3, 0.4) is 0 Å². The van der Waals surface area contributed by atoms with Crippen LogP contribution in [0.1, 0.15) is 18.1 Å². The van der Waals surface area contributed by atoms with Crippen LogP contribution in [0.2, 0.25) is 0 Å². The number of rotatable bonds is 4. The van der Waals surface area contributed by atoms with Gasteiger partial charge in [-0.05, 0) is 42.3 Å². The molecule has 1 saturated heterocycles. The van der Waals surface area contributed by atoms with Crippen molar-refractivity contribution in [2.24, 2.45) is 5.10 Å². The number of nitrogens with one attached hydrogen (secondary N) is 1. The molecular weight excluding hydrogens is 386 g/mol. The number of carbonyl (C=O) groups is 2. The summed E-state index contributed by atoms with van der Waals surface area (Å²) < 4.78 is 6.01. The summed E-state index contributed by atoms with van der Waals surface area (Å²) in [4.78, 5) is 25.0. The third-order valence-corrected chi connectivity index (χ3v) is 4.50. The zero-order valence-electron chi connectivity index (χ0n) is 13.7. The predicted octanol–water partition coefficient (Wildman–Crippen LogP) is 3.26. The fourth-order valence-electron chi connectivity index (χ4n) is 2.56. The molecule has 3 amide bonds. The molecule has 6 nitrogen and oxygen atoms in total. The summed E-state index contributed by atoms with van der Waals surface area (Å²) in [7, 11) is 1.57. The zero-order chi connectivity index (χ0) is 18.0. The van der Waals surface area contributed by atoms with Gasteiger partial charge in [0.15, 0.2) is 0 Å². The number of halogens is 1. The molecule has 1 unspecified atom stereocenters. The quantitative estimate of drug-likeness (QED) is 0.631. The van der Waals surface area contributed by atoms with Gasteiger partial charge in [0.05, 0.1) is 13.3 Å². The Bertz CT molecular complexity index is 851. The molecule has 1 heterocycles. The van der Waals surface area contributed by atoms with Crippen molar-refractivity contribution in [3.8, 4) is 5.75 Å². The monoisotopic (exact) mass is 401 g/mol. The molecule has 1 fully saturated rings. The van der Waals surface area contributed by atoms with E-state index >= 15 is 0 Å². The maximum absolute atomic E-state index is 12.8. The summed E-state index contributed by atoms with van der Waals surface area (Å²) in [6, 6.07) is 13.8. The van der Waals surface area contributed by atoms with Crippen molar-refractivity contribution in [2.45, 2.75) is 12.5 Å². The first-order valence-electron chi connectivity index (χ1n) is 7.55. The highest BCUT2D eigenvalue weighted by Crippen LogP contribution is 2.30. The Labute approximate surface area is 153 Å². The molecule has 2 aromatic rings. The lowest BCUT2D eigenvalue weighted by Crippen LogP contribution is -2.40. The maximum atomic E-state index is 12.8. The highest BCUT2D eigenvalue weighted by atomic mass is 79.9. The van der Waals surface area contributed by atoms with Crippen molar-refractivity contribution in [1.82, 2.24) is 10.3 Å². The number of hydrazone groups is 1. The van der Waals surface area contributed by atoms with Gasteiger partial charge in [0.2, 0.25) is 0 Å². The standard InChI is InChI=1S/C18H16BrN3O3/c1-18(13-6-8-15(25-2)9-7-13)16(23)22(17(24)21-18)20-11-12-4-3-5-14(19)10-12/h3-11H,1-2H3,(H,21,24)/b20-11+. The first-order valence-corrected chi connectivity index (χ1v) is 8.34. The second kappa shape index (κ2) is 6.68. The Hall–Kier alpha value is -2.67. The lowest BCUT2D eigenvalue weighted by molar-refractivity contribution is -0.131. The lowest BCUT2D eigenvalue weighted by Gasteiger charge is -2.21. The number of benzene rings is 2. The van der Waals surface area contributed by atoms with E-state index in [1.807, 2.05) is 24.3 Å². The fourth-order valence-corrected chi connectivity index (χ4v) is 2.98. The van der Waals surface area contributed by atoms with E-state index in [0.717, 1.165) is 15.0 Å². The first-order chi connectivity index (χ1) is 11.9. The summed E-state index contributed by atoms with van der Waals surface area (Å²) in [6.07, 6.45) is 1.47. The molecule has 0 aromatic heterocycles. The first kappa shape index (κ1) is 17.2. The van der Waals surface area contributed by atoms with Crippen molar-refractivity contribution in [2.75, 3.05) is 7.11 Å². The van der Waals surface area contributed by atoms with Gasteiger partial charge >= 0.3 is 6.03 Å². The minimum Gasteiger partial charge on any atom is -0.497 e. The predicted molar refractivity (Wildman–Crippen MR) is 97.5 cm³/mol. The summed E-state index contributed by atoms with van der Waals surface area (Å²) in [5.41, 5.74) is 0.262. The Kier molecular flexibility index (Phi) is 4.59. The SMILES string of the molecule is COc1ccc(C2(C)NC(=O)N(/N=C/c3cccc(Br)c3)C2=O)cc1. The van der Waals surface area contributed by atoms with Gasteiger partial charge in [-0.1, -0.05) is 40.2 Å². The number of ether oxygens (including phenoxy) is 1. The van der Waals surface area contributed by atoms with Crippen LogP contribution in [0.15, 0.2) is 58.1 Å². The molecule has 0 radical (unpaired) electrons. The minimum absolute atomic E-state index is 0.436. The van der Waals surface area contributed by atoms with Crippen molar-refractivity contribution in [3.63, 3.8) is 0 Å². The molecule has 0 spiro atoms. The van der Waals surface area contributed by atoms with Crippen LogP contribution >= 0.6 is 15.9 Å². The van der Waals surface area contributed by atoms with E-state index in [1.54, 1.807) is 38.3 Å². The van der Waals surface area contributed by atoms with Gasteiger partial charge < -0.3 is 10.1 Å². The number of imide groups is 1. The van der Waals surface area contributed by atoms with Gasteiger partial charge in [-0.15, -0.1) is 5.01 Å². The second-order valence-electron chi connectivity index (χ2n) is 5.70. The molecule has 7 heteroatoms. The smallest absolute Gasteiger partial charge is 0.346 e. The fraction of sp³-hybridized carbons (Fsp3) is 0.167. The van der Waals surface area contributed by atoms with Crippen molar-refractivity contribution in [3.05, 3.63) is 64.1 Å². The van der Waals surface area contributed by atoms with Crippen LogP contribution in [0, 0.1) is 0 Å². The van der Waals surface area contributed by atoms with Crippen LogP contribution in [-0.4, -0.2) is 30.3 Å². The second-order valence-corrected chi connectivity index (χ2v) is 6.62. The molecule has 0 bridgehead atoms. The highest BCUT2D eigenvalue weighted by Gasteiger charge is 2.49. The van der Waals surface area contributed by atoms with Gasteiger partial charge in [0, 0.05) is 4.47 Å². The molecular formula is C18H16BrN3O3. The van der Waals surface area contributed by atoms with Crippen LogP contribution in [-0.2, 0) is 10.3 Å². The third-order valence-electron chi connectivity index (χ3n) is 4.01. The van der Waals surface area contributed by atoms with Gasteiger partial charge in [0.25, 0.3) is 5.91 Å². The van der Waals surface area contributed by atoms with E-state index < -0.39 is 17.5 Å². The molecule has 0 saturated carbocycles. The largest absolute Gasteiger partial charge is 0.497 e. The molecule has 1 atom stereocenters. The number of amides is 3. The molecule has 0 aliphatic carbocycles. The summed E-state index contributed by atoms with van der Waals surface area (Å²) in [6.45, 7) is 1.66. The van der Waals surface area contributed by atoms with Gasteiger partial charge in [0.1, 0.15) is 11.3 Å². The summed E-state index contributed by atoms with van der Waals surface area (Å²) in [5, 5.41) is 7.61. The summed E-state index contributed by atoms with van der Waals surface area (Å²) in [5.74, 6) is 0.238. The average Bonchev–Trinajstić information content (AvgIpc) is 2.83. The van der Waals surface area contributed by atoms with Crippen molar-refractivity contribution >= 4 is 34.1 Å². The molecule has 1 aliphatic rings. The van der Waals surface area contributed by atoms with Crippen LogP contribution in [0.5, 0.6) is 5.75 Å². The Morgan fingerprint density at radius 2 is 1.92 bits per heavy atom. The Balaban J connectivity index is 1.86. The van der Waals surface area contributed by atoms with E-state index in [9.17, 15) is 9.59 Å². The summed E-state index contributed by atoms with van der Waals surface area (Å²) >= 11 is 3.37. The van der Waals surface area contributed by atoms with Gasteiger partial charge in [-0.2, -0.15) is 5.10 Å². The molecule has 3 rings (SSSR count). The van der Waals surface area contributed by atoms with E-state index in [0.29, 0.717) is 11.3 Å². The molecule has 1 aliphatic heterocycles. The van der Waals surface area contributed by atoms with E-state index in [-0.39, 0.29) is 0 Å². The minimum atomic E-state index is -1.17. The molecule has 25 heavy (non-hydrogen) atoms. The van der Waals surface area contributed by atoms with Crippen LogP contribution < -0.4 is 10.1 Å². The van der Waals surface area contributed by atoms with Crippen LogP contribution in [0.25, 0.3) is 0 Å². The topological polar surface area (TPSA) is 71.0 Å². The zero-order valence-corrected chi connectivity index (χ0v) is 15.3. The molecule has 1 N–H and O–H groups in total. The number of methoxy groups -OCH3 is 1. The highest BCUT2D eigenvalue weighted by molar-refractivity contribution is 9.10. The van der Waals surface area contributed by atoms with Crippen LogP contribution in [0.4, 0.5) is 4.79 Å². The van der Waals surface area contributed by atoms with E-state index in [1.165, 1.54) is 6.21 Å². The van der Waals surface area contributed by atoms with Crippen molar-refractivity contribution in [1.29, 1.82) is 0 Å². The Morgan fingerprint density at radius 3 is 2.56 bits per heavy atom. The van der Waals surface area contributed by atoms with Gasteiger partial charge in [-0.25, -0.2) is 4.79 Å². The number of hydrogen-bond acceptors (Lipinski definition) is 4. The number of nitrogens with zero attached hydrogens (tertiary/aromatic N) is 2. The van der Waals surface area contributed by atoms with E-state index in [2.05, 4.69) is 26.3 Å². The average molecular weight is 402 g/mol. The van der Waals surface area contributed by atoms with Crippen molar-refractivity contribution < 1.29 is 14.3 Å². The molecule has 128 valence electrons. The van der Waals surface area contributed by atoms with Gasteiger partial charge in [-0.3, -0.25) is 4.79 Å². The maximum Gasteiger partial charge on any atom is 0.346 e.